The van der Waals surface area contributed by atoms with Crippen molar-refractivity contribution in [3.63, 3.8) is 0 Å². The van der Waals surface area contributed by atoms with E-state index in [1.54, 1.807) is 12.1 Å². The molecule has 0 radical (unpaired) electrons. The first kappa shape index (κ1) is 19.0. The smallest absolute Gasteiger partial charge is 0.134 e. The molecule has 1 aliphatic heterocycles. The lowest BCUT2D eigenvalue weighted by Gasteiger charge is -2.29. The second kappa shape index (κ2) is 8.72. The normalized spacial score (nSPS) is 14.4. The third-order valence-corrected chi connectivity index (χ3v) is 5.92. The highest BCUT2D eigenvalue weighted by Gasteiger charge is 2.16. The molecule has 0 aliphatic carbocycles. The summed E-state index contributed by atoms with van der Waals surface area (Å²) in [4.78, 5) is 3.20. The summed E-state index contributed by atoms with van der Waals surface area (Å²) in [7, 11) is 0. The largest absolute Gasteiger partial charge is 0.488 e. The predicted molar refractivity (Wildman–Crippen MR) is 112 cm³/mol. The van der Waals surface area contributed by atoms with Crippen LogP contribution in [0.4, 0.5) is 0 Å². The maximum absolute atomic E-state index is 6.19. The van der Waals surface area contributed by atoms with E-state index in [4.69, 9.17) is 40.2 Å². The Labute approximate surface area is 172 Å². The van der Waals surface area contributed by atoms with Gasteiger partial charge in [0.1, 0.15) is 17.3 Å². The molecule has 132 valence electrons. The summed E-state index contributed by atoms with van der Waals surface area (Å²) in [5, 5.41) is 1.22. The van der Waals surface area contributed by atoms with Crippen LogP contribution in [-0.2, 0) is 6.61 Å². The van der Waals surface area contributed by atoms with Gasteiger partial charge in [-0.05, 0) is 65.5 Å². The lowest BCUT2D eigenvalue weighted by molar-refractivity contribution is 0.304. The molecule has 2 aromatic rings. The van der Waals surface area contributed by atoms with Crippen molar-refractivity contribution in [1.29, 1.82) is 0 Å². The quantitative estimate of drug-likeness (QED) is 0.485. The van der Waals surface area contributed by atoms with Crippen molar-refractivity contribution in [2.45, 2.75) is 25.9 Å². The molecule has 3 rings (SSSR count). The standard InChI is InChI=1S/C19H18BrCl2NOS/c20-16-10-13(19(25)23-8-2-1-3-9-23)5-7-18(16)24-12-14-4-6-15(21)11-17(14)22/h4-7,10-11H,1-3,8-9,12H2. The van der Waals surface area contributed by atoms with Gasteiger partial charge in [-0.25, -0.2) is 0 Å². The zero-order valence-corrected chi connectivity index (χ0v) is 17.5. The number of nitrogens with zero attached hydrogens (tertiary/aromatic N) is 1. The zero-order chi connectivity index (χ0) is 17.8. The maximum Gasteiger partial charge on any atom is 0.134 e. The van der Waals surface area contributed by atoms with E-state index in [9.17, 15) is 0 Å². The van der Waals surface area contributed by atoms with Crippen LogP contribution in [0.15, 0.2) is 40.9 Å². The van der Waals surface area contributed by atoms with Gasteiger partial charge in [-0.15, -0.1) is 0 Å². The number of ether oxygens (including phenoxy) is 1. The van der Waals surface area contributed by atoms with Gasteiger partial charge in [0.05, 0.1) is 4.47 Å². The molecular formula is C19H18BrCl2NOS. The van der Waals surface area contributed by atoms with Gasteiger partial charge >= 0.3 is 0 Å². The first-order chi connectivity index (χ1) is 12.0. The van der Waals surface area contributed by atoms with Gasteiger partial charge in [0.15, 0.2) is 0 Å². The molecule has 25 heavy (non-hydrogen) atoms. The second-order valence-corrected chi connectivity index (χ2v) is 8.11. The number of benzene rings is 2. The molecule has 1 heterocycles. The van der Waals surface area contributed by atoms with E-state index in [1.165, 1.54) is 19.3 Å². The van der Waals surface area contributed by atoms with Crippen molar-refractivity contribution in [2.75, 3.05) is 13.1 Å². The Morgan fingerprint density at radius 1 is 1.08 bits per heavy atom. The van der Waals surface area contributed by atoms with E-state index < -0.39 is 0 Å². The molecule has 0 atom stereocenters. The Balaban J connectivity index is 1.68. The van der Waals surface area contributed by atoms with Gasteiger partial charge in [-0.2, -0.15) is 0 Å². The SMILES string of the molecule is S=C(c1ccc(OCc2ccc(Cl)cc2Cl)c(Br)c1)N1CCCCC1. The van der Waals surface area contributed by atoms with Gasteiger partial charge in [0.25, 0.3) is 0 Å². The average Bonchev–Trinajstić information content (AvgIpc) is 2.62. The zero-order valence-electron chi connectivity index (χ0n) is 13.6. The summed E-state index contributed by atoms with van der Waals surface area (Å²) in [6, 6.07) is 11.4. The number of thiocarbonyl (C=S) groups is 1. The molecule has 0 saturated carbocycles. The lowest BCUT2D eigenvalue weighted by atomic mass is 10.1. The van der Waals surface area contributed by atoms with Crippen LogP contribution < -0.4 is 4.74 Å². The van der Waals surface area contributed by atoms with Gasteiger partial charge < -0.3 is 9.64 Å². The summed E-state index contributed by atoms with van der Waals surface area (Å²) < 4.78 is 6.78. The molecule has 0 N–H and O–H groups in total. The fourth-order valence-corrected chi connectivity index (χ4v) is 4.09. The monoisotopic (exact) mass is 457 g/mol. The van der Waals surface area contributed by atoms with Crippen LogP contribution in [0.2, 0.25) is 10.0 Å². The Hall–Kier alpha value is -0.810. The van der Waals surface area contributed by atoms with E-state index in [2.05, 4.69) is 20.8 Å². The van der Waals surface area contributed by atoms with Crippen LogP contribution >= 0.6 is 51.3 Å². The third kappa shape index (κ3) is 4.88. The van der Waals surface area contributed by atoms with Crippen molar-refractivity contribution in [2.24, 2.45) is 0 Å². The van der Waals surface area contributed by atoms with Gasteiger partial charge in [-0.1, -0.05) is 41.5 Å². The Morgan fingerprint density at radius 2 is 1.84 bits per heavy atom. The highest BCUT2D eigenvalue weighted by Crippen LogP contribution is 2.29. The summed E-state index contributed by atoms with van der Waals surface area (Å²) in [5.74, 6) is 0.760. The van der Waals surface area contributed by atoms with E-state index in [0.29, 0.717) is 16.7 Å². The van der Waals surface area contributed by atoms with Crippen molar-refractivity contribution in [1.82, 2.24) is 4.90 Å². The van der Waals surface area contributed by atoms with Crippen molar-refractivity contribution in [3.05, 3.63) is 62.0 Å². The van der Waals surface area contributed by atoms with Crippen LogP contribution in [0.1, 0.15) is 30.4 Å². The minimum Gasteiger partial charge on any atom is -0.488 e. The topological polar surface area (TPSA) is 12.5 Å². The molecule has 0 bridgehead atoms. The molecule has 1 fully saturated rings. The summed E-state index contributed by atoms with van der Waals surface area (Å²) >= 11 is 21.3. The van der Waals surface area contributed by atoms with Crippen LogP contribution in [0, 0.1) is 0 Å². The van der Waals surface area contributed by atoms with Crippen LogP contribution in [0.3, 0.4) is 0 Å². The Bertz CT molecular complexity index is 778. The molecule has 0 spiro atoms. The lowest BCUT2D eigenvalue weighted by Crippen LogP contribution is -2.34. The van der Waals surface area contributed by atoms with Crippen LogP contribution in [-0.4, -0.2) is 23.0 Å². The Morgan fingerprint density at radius 3 is 2.52 bits per heavy atom. The average molecular weight is 459 g/mol. The number of hydrogen-bond donors (Lipinski definition) is 0. The summed E-state index contributed by atoms with van der Waals surface area (Å²) in [6.07, 6.45) is 3.72. The van der Waals surface area contributed by atoms with E-state index >= 15 is 0 Å². The molecule has 6 heteroatoms. The number of likely N-dealkylation sites (tertiary alicyclic amines) is 1. The first-order valence-electron chi connectivity index (χ1n) is 8.20. The first-order valence-corrected chi connectivity index (χ1v) is 10.2. The van der Waals surface area contributed by atoms with Gasteiger partial charge in [-0.3, -0.25) is 0 Å². The number of hydrogen-bond acceptors (Lipinski definition) is 2. The Kier molecular flexibility index (Phi) is 6.61. The molecule has 0 aromatic heterocycles. The molecule has 1 aliphatic rings. The molecular weight excluding hydrogens is 441 g/mol. The van der Waals surface area contributed by atoms with E-state index in [1.807, 2.05) is 24.3 Å². The minimum atomic E-state index is 0.379. The molecule has 2 aromatic carbocycles. The summed E-state index contributed by atoms with van der Waals surface area (Å²) in [6.45, 7) is 2.47. The van der Waals surface area contributed by atoms with Crippen LogP contribution in [0.5, 0.6) is 5.75 Å². The number of rotatable bonds is 4. The highest BCUT2D eigenvalue weighted by atomic mass is 79.9. The maximum atomic E-state index is 6.19. The van der Waals surface area contributed by atoms with E-state index in [-0.39, 0.29) is 0 Å². The predicted octanol–water partition coefficient (Wildman–Crippen LogP) is 6.50. The number of piperidine rings is 1. The van der Waals surface area contributed by atoms with Gasteiger partial charge in [0.2, 0.25) is 0 Å². The van der Waals surface area contributed by atoms with E-state index in [0.717, 1.165) is 39.4 Å². The van der Waals surface area contributed by atoms with Crippen molar-refractivity contribution < 1.29 is 4.74 Å². The third-order valence-electron chi connectivity index (χ3n) is 4.22. The molecule has 1 saturated heterocycles. The molecule has 2 nitrogen and oxygen atoms in total. The van der Waals surface area contributed by atoms with Crippen molar-refractivity contribution >= 4 is 56.3 Å². The molecule has 0 unspecified atom stereocenters. The minimum absolute atomic E-state index is 0.379. The summed E-state index contributed by atoms with van der Waals surface area (Å²) in [5.41, 5.74) is 1.94. The van der Waals surface area contributed by atoms with Crippen LogP contribution in [0.25, 0.3) is 0 Å². The fourth-order valence-electron chi connectivity index (χ4n) is 2.82. The molecule has 0 amide bonds. The highest BCUT2D eigenvalue weighted by molar-refractivity contribution is 9.10. The number of halogens is 3. The fraction of sp³-hybridized carbons (Fsp3) is 0.316. The van der Waals surface area contributed by atoms with Gasteiger partial charge in [0, 0.05) is 34.3 Å². The van der Waals surface area contributed by atoms with Crippen molar-refractivity contribution in [3.8, 4) is 5.75 Å². The second-order valence-electron chi connectivity index (χ2n) is 6.02.